The Labute approximate surface area is 154 Å². The zero-order valence-electron chi connectivity index (χ0n) is 14.9. The van der Waals surface area contributed by atoms with Crippen molar-refractivity contribution >= 4 is 29.1 Å². The molecule has 0 aliphatic carbocycles. The fraction of sp³-hybridized carbons (Fsp3) is 0.556. The molecule has 1 saturated heterocycles. The molecule has 0 bridgehead atoms. The number of hydrogen-bond donors (Lipinski definition) is 2. The van der Waals surface area contributed by atoms with Crippen LogP contribution < -0.4 is 10.6 Å². The van der Waals surface area contributed by atoms with Gasteiger partial charge in [0, 0.05) is 43.4 Å². The summed E-state index contributed by atoms with van der Waals surface area (Å²) in [6.07, 6.45) is 0.944. The number of halogens is 1. The number of carbonyl (C=O) groups is 2. The number of anilines is 1. The van der Waals surface area contributed by atoms with E-state index in [2.05, 4.69) is 20.4 Å². The lowest BCUT2D eigenvalue weighted by molar-refractivity contribution is -0.124. The number of carbonyl (C=O) groups excluding carboxylic acids is 2. The number of rotatable bonds is 7. The normalized spacial score (nSPS) is 17.1. The highest BCUT2D eigenvalue weighted by Crippen LogP contribution is 2.15. The predicted octanol–water partition coefficient (Wildman–Crippen LogP) is 1.81. The van der Waals surface area contributed by atoms with Gasteiger partial charge in [-0.1, -0.05) is 18.5 Å². The Morgan fingerprint density at radius 1 is 1.16 bits per heavy atom. The monoisotopic (exact) mass is 366 g/mol. The van der Waals surface area contributed by atoms with Gasteiger partial charge in [-0.15, -0.1) is 0 Å². The summed E-state index contributed by atoms with van der Waals surface area (Å²) in [6.45, 7) is 8.23. The van der Waals surface area contributed by atoms with Gasteiger partial charge < -0.3 is 10.6 Å². The fourth-order valence-corrected chi connectivity index (χ4v) is 2.90. The molecule has 1 atom stereocenters. The van der Waals surface area contributed by atoms with Crippen LogP contribution in [-0.4, -0.2) is 66.9 Å². The van der Waals surface area contributed by atoms with Crippen LogP contribution in [0, 0.1) is 0 Å². The van der Waals surface area contributed by atoms with Crippen molar-refractivity contribution in [1.82, 2.24) is 15.1 Å². The van der Waals surface area contributed by atoms with E-state index in [9.17, 15) is 9.59 Å². The zero-order valence-corrected chi connectivity index (χ0v) is 15.7. The molecule has 1 fully saturated rings. The third-order valence-electron chi connectivity index (χ3n) is 4.39. The molecule has 25 heavy (non-hydrogen) atoms. The summed E-state index contributed by atoms with van der Waals surface area (Å²) < 4.78 is 0. The van der Waals surface area contributed by atoms with E-state index in [-0.39, 0.29) is 17.9 Å². The van der Waals surface area contributed by atoms with E-state index in [1.165, 1.54) is 0 Å². The van der Waals surface area contributed by atoms with Gasteiger partial charge in [-0.3, -0.25) is 19.4 Å². The second-order valence-electron chi connectivity index (χ2n) is 6.33. The van der Waals surface area contributed by atoms with Crippen LogP contribution in [0.4, 0.5) is 5.69 Å². The van der Waals surface area contributed by atoms with E-state index in [1.54, 1.807) is 24.3 Å². The second-order valence-corrected chi connectivity index (χ2v) is 6.77. The van der Waals surface area contributed by atoms with E-state index in [0.717, 1.165) is 44.8 Å². The van der Waals surface area contributed by atoms with E-state index >= 15 is 0 Å². The average Bonchev–Trinajstić information content (AvgIpc) is 2.62. The molecular formula is C18H27ClN4O2. The molecule has 1 aliphatic heterocycles. The lowest BCUT2D eigenvalue weighted by Gasteiger charge is -2.37. The van der Waals surface area contributed by atoms with Crippen LogP contribution in [-0.2, 0) is 9.59 Å². The summed E-state index contributed by atoms with van der Waals surface area (Å²) in [5, 5.41) is 6.45. The van der Waals surface area contributed by atoms with Crippen molar-refractivity contribution in [3.05, 3.63) is 29.3 Å². The van der Waals surface area contributed by atoms with Gasteiger partial charge in [-0.25, -0.2) is 0 Å². The van der Waals surface area contributed by atoms with Crippen LogP contribution in [0.2, 0.25) is 5.02 Å². The van der Waals surface area contributed by atoms with Gasteiger partial charge >= 0.3 is 0 Å². The molecule has 0 spiro atoms. The van der Waals surface area contributed by atoms with Crippen molar-refractivity contribution in [2.24, 2.45) is 0 Å². The maximum Gasteiger partial charge on any atom is 0.241 e. The Morgan fingerprint density at radius 3 is 2.40 bits per heavy atom. The van der Waals surface area contributed by atoms with Crippen molar-refractivity contribution < 1.29 is 9.59 Å². The lowest BCUT2D eigenvalue weighted by Crippen LogP contribution is -2.54. The lowest BCUT2D eigenvalue weighted by atomic mass is 10.2. The number of nitrogens with zero attached hydrogens (tertiary/aromatic N) is 2. The number of nitrogens with one attached hydrogen (secondary N) is 2. The quantitative estimate of drug-likeness (QED) is 0.772. The van der Waals surface area contributed by atoms with Crippen molar-refractivity contribution in [1.29, 1.82) is 0 Å². The first-order valence-corrected chi connectivity index (χ1v) is 9.17. The van der Waals surface area contributed by atoms with E-state index < -0.39 is 0 Å². The van der Waals surface area contributed by atoms with Crippen molar-refractivity contribution in [3.63, 3.8) is 0 Å². The molecule has 0 aromatic heterocycles. The molecule has 1 heterocycles. The molecule has 1 aliphatic rings. The summed E-state index contributed by atoms with van der Waals surface area (Å²) in [7, 11) is 0. The molecule has 2 rings (SSSR count). The van der Waals surface area contributed by atoms with Gasteiger partial charge in [0.1, 0.15) is 0 Å². The molecule has 2 N–H and O–H groups in total. The first-order valence-electron chi connectivity index (χ1n) is 8.79. The molecule has 0 saturated carbocycles. The Hall–Kier alpha value is -1.63. The highest BCUT2D eigenvalue weighted by atomic mass is 35.5. The highest BCUT2D eigenvalue weighted by molar-refractivity contribution is 6.30. The van der Waals surface area contributed by atoms with Crippen molar-refractivity contribution in [2.75, 3.05) is 44.6 Å². The number of piperazine rings is 1. The summed E-state index contributed by atoms with van der Waals surface area (Å²) in [5.74, 6) is 0.0419. The summed E-state index contributed by atoms with van der Waals surface area (Å²) in [4.78, 5) is 28.5. The maximum atomic E-state index is 12.4. The van der Waals surface area contributed by atoms with Crippen LogP contribution in [0.15, 0.2) is 24.3 Å². The van der Waals surface area contributed by atoms with Gasteiger partial charge in [-0.2, -0.15) is 0 Å². The summed E-state index contributed by atoms with van der Waals surface area (Å²) in [6, 6.07) is 6.88. The second kappa shape index (κ2) is 9.75. The van der Waals surface area contributed by atoms with Gasteiger partial charge in [0.05, 0.1) is 12.6 Å². The topological polar surface area (TPSA) is 64.7 Å². The van der Waals surface area contributed by atoms with Crippen molar-refractivity contribution in [3.8, 4) is 0 Å². The maximum absolute atomic E-state index is 12.4. The third-order valence-corrected chi connectivity index (χ3v) is 4.64. The van der Waals surface area contributed by atoms with E-state index in [4.69, 9.17) is 11.6 Å². The first kappa shape index (κ1) is 19.7. The molecule has 2 amide bonds. The predicted molar refractivity (Wildman–Crippen MR) is 101 cm³/mol. The Balaban J connectivity index is 1.76. The smallest absolute Gasteiger partial charge is 0.241 e. The van der Waals surface area contributed by atoms with Gasteiger partial charge in [0.2, 0.25) is 11.8 Å². The van der Waals surface area contributed by atoms with Crippen LogP contribution in [0.25, 0.3) is 0 Å². The minimum Gasteiger partial charge on any atom is -0.355 e. The highest BCUT2D eigenvalue weighted by Gasteiger charge is 2.26. The largest absolute Gasteiger partial charge is 0.355 e. The number of amides is 2. The molecule has 1 aromatic carbocycles. The summed E-state index contributed by atoms with van der Waals surface area (Å²) in [5.41, 5.74) is 0.743. The number of hydrogen-bond acceptors (Lipinski definition) is 4. The fourth-order valence-electron chi connectivity index (χ4n) is 2.78. The molecule has 0 radical (unpaired) electrons. The molecule has 1 aromatic rings. The van der Waals surface area contributed by atoms with E-state index in [1.807, 2.05) is 13.8 Å². The van der Waals surface area contributed by atoms with Crippen LogP contribution >= 0.6 is 11.6 Å². The van der Waals surface area contributed by atoms with Crippen LogP contribution in [0.5, 0.6) is 0 Å². The minimum absolute atomic E-state index is 0.0311. The van der Waals surface area contributed by atoms with Crippen LogP contribution in [0.1, 0.15) is 20.3 Å². The first-order chi connectivity index (χ1) is 12.0. The number of benzene rings is 1. The third kappa shape index (κ3) is 6.30. The molecular weight excluding hydrogens is 340 g/mol. The molecule has 6 nitrogen and oxygen atoms in total. The SMILES string of the molecule is CCCNC(=O)CN1CCN([C@H](C)C(=O)Nc2ccc(Cl)cc2)CC1. The minimum atomic E-state index is -0.216. The van der Waals surface area contributed by atoms with Gasteiger partial charge in [0.25, 0.3) is 0 Å². The van der Waals surface area contributed by atoms with Crippen LogP contribution in [0.3, 0.4) is 0 Å². The Kier molecular flexibility index (Phi) is 7.68. The molecule has 138 valence electrons. The molecule has 0 unspecified atom stereocenters. The Bertz CT molecular complexity index is 571. The summed E-state index contributed by atoms with van der Waals surface area (Å²) >= 11 is 5.86. The van der Waals surface area contributed by atoms with Gasteiger partial charge in [0.15, 0.2) is 0 Å². The van der Waals surface area contributed by atoms with Crippen molar-refractivity contribution in [2.45, 2.75) is 26.3 Å². The zero-order chi connectivity index (χ0) is 18.2. The standard InChI is InChI=1S/C18H27ClN4O2/c1-3-8-20-17(24)13-22-9-11-23(12-10-22)14(2)18(25)21-16-6-4-15(19)5-7-16/h4-7,14H,3,8-13H2,1-2H3,(H,20,24)(H,21,25)/t14-/m1/s1. The molecule has 7 heteroatoms. The Morgan fingerprint density at radius 2 is 1.80 bits per heavy atom. The van der Waals surface area contributed by atoms with E-state index in [0.29, 0.717) is 11.6 Å². The average molecular weight is 367 g/mol. The van der Waals surface area contributed by atoms with Gasteiger partial charge in [-0.05, 0) is 37.6 Å².